The van der Waals surface area contributed by atoms with E-state index in [4.69, 9.17) is 15.0 Å². The zero-order chi connectivity index (χ0) is 51.3. The third kappa shape index (κ3) is 19.5. The molecule has 5 heterocycles. The van der Waals surface area contributed by atoms with Crippen LogP contribution in [0.15, 0.2) is 0 Å². The number of nitrogens with zero attached hydrogens (tertiary/aromatic N) is 6. The molecule has 2 unspecified atom stereocenters. The monoisotopic (exact) mass is 965 g/mol. The lowest BCUT2D eigenvalue weighted by atomic mass is 9.79. The van der Waals surface area contributed by atoms with Crippen LogP contribution in [-0.4, -0.2) is 129 Å². The Bertz CT molecular complexity index is 1680. The zero-order valence-corrected chi connectivity index (χ0v) is 48.6. The lowest BCUT2D eigenvalue weighted by Crippen LogP contribution is -2.63. The smallest absolute Gasteiger partial charge is 0.232 e. The molecule has 1 aromatic heterocycles. The van der Waals surface area contributed by atoms with E-state index < -0.39 is 0 Å². The molecular formula is C57H112N12. The van der Waals surface area contributed by atoms with Crippen LogP contribution in [0.2, 0.25) is 0 Å². The van der Waals surface area contributed by atoms with Crippen LogP contribution in [0.4, 0.5) is 17.8 Å². The molecule has 4 aliphatic rings. The minimum atomic E-state index is -0.214. The van der Waals surface area contributed by atoms with Gasteiger partial charge >= 0.3 is 0 Å². The molecule has 5 rings (SSSR count). The Labute approximate surface area is 425 Å². The molecule has 0 spiro atoms. The molecule has 2 atom stereocenters. The molecule has 1 aromatic rings. The predicted octanol–water partition coefficient (Wildman–Crippen LogP) is 10.8. The highest BCUT2D eigenvalue weighted by Gasteiger charge is 2.44. The molecule has 69 heavy (non-hydrogen) atoms. The summed E-state index contributed by atoms with van der Waals surface area (Å²) >= 11 is 0. The average Bonchev–Trinajstić information content (AvgIpc) is 3.13. The molecule has 4 saturated heterocycles. The van der Waals surface area contributed by atoms with Gasteiger partial charge < -0.3 is 46.6 Å². The van der Waals surface area contributed by atoms with E-state index >= 15 is 0 Å². The van der Waals surface area contributed by atoms with Crippen LogP contribution in [0.1, 0.15) is 234 Å². The number of anilines is 3. The fourth-order valence-electron chi connectivity index (χ4n) is 14.4. The third-order valence-corrected chi connectivity index (χ3v) is 15.6. The minimum absolute atomic E-state index is 0.0123. The van der Waals surface area contributed by atoms with Crippen LogP contribution in [0.3, 0.4) is 0 Å². The molecule has 400 valence electrons. The van der Waals surface area contributed by atoms with Crippen molar-refractivity contribution in [2.45, 2.75) is 303 Å². The molecule has 4 aliphatic heterocycles. The van der Waals surface area contributed by atoms with Crippen LogP contribution in [-0.2, 0) is 0 Å². The number of aromatic nitrogens is 3. The van der Waals surface area contributed by atoms with Crippen molar-refractivity contribution >= 4 is 17.8 Å². The third-order valence-electron chi connectivity index (χ3n) is 15.6. The number of piperidine rings is 4. The Morgan fingerprint density at radius 2 is 0.971 bits per heavy atom. The molecule has 0 aliphatic carbocycles. The Balaban J connectivity index is 1.42. The van der Waals surface area contributed by atoms with Gasteiger partial charge in [-0.05, 0) is 219 Å². The van der Waals surface area contributed by atoms with Crippen LogP contribution >= 0.6 is 0 Å². The van der Waals surface area contributed by atoms with Gasteiger partial charge in [-0.25, -0.2) is 0 Å². The summed E-state index contributed by atoms with van der Waals surface area (Å²) < 4.78 is 0. The van der Waals surface area contributed by atoms with E-state index in [1.165, 1.54) is 70.8 Å². The Hall–Kier alpha value is -1.83. The molecule has 0 bridgehead atoms. The van der Waals surface area contributed by atoms with Gasteiger partial charge in [0.25, 0.3) is 0 Å². The second-order valence-corrected chi connectivity index (χ2v) is 29.1. The van der Waals surface area contributed by atoms with Gasteiger partial charge in [0.2, 0.25) is 17.8 Å². The number of hydrogen-bond acceptors (Lipinski definition) is 12. The fourth-order valence-corrected chi connectivity index (χ4v) is 14.4. The van der Waals surface area contributed by atoms with Crippen molar-refractivity contribution in [1.29, 1.82) is 0 Å². The summed E-state index contributed by atoms with van der Waals surface area (Å²) in [6.07, 6.45) is 19.6. The first kappa shape index (κ1) is 58.1. The molecular weight excluding hydrogens is 853 g/mol. The summed E-state index contributed by atoms with van der Waals surface area (Å²) in [5, 5.41) is 23.3. The standard InChI is InChI=1S/C57H112N12/c1-42-34-44(28-30-58-42)67(19)31-25-22-23-27-33-69(46-39-55(13,14)66-56(15,16)40-46)49-61-47(63-57(17,18)41-50(2,3)4)60-48(62-49)68(45-37-53(9,10)65-54(11,12)38-45)32-26-21-20-24-29-59-43-35-51(5,6)64-52(7,8)36-43/h42-46,58-59,64-66H,20-41H2,1-19H3,(H,60,61,62,63). The Morgan fingerprint density at radius 3 is 1.41 bits per heavy atom. The van der Waals surface area contributed by atoms with E-state index in [1.54, 1.807) is 0 Å². The average molecular weight is 966 g/mol. The summed E-state index contributed by atoms with van der Waals surface area (Å²) in [6, 6.07) is 2.48. The van der Waals surface area contributed by atoms with Crippen LogP contribution in [0.5, 0.6) is 0 Å². The first-order valence-corrected chi connectivity index (χ1v) is 28.3. The van der Waals surface area contributed by atoms with Crippen molar-refractivity contribution in [3.63, 3.8) is 0 Å². The zero-order valence-electron chi connectivity index (χ0n) is 48.6. The van der Waals surface area contributed by atoms with Gasteiger partial charge in [0.1, 0.15) is 0 Å². The molecule has 12 nitrogen and oxygen atoms in total. The topological polar surface area (TPSA) is 121 Å². The number of hydrogen-bond donors (Lipinski definition) is 6. The normalized spacial score (nSPS) is 25.2. The highest BCUT2D eigenvalue weighted by atomic mass is 15.4. The van der Waals surface area contributed by atoms with Crippen molar-refractivity contribution in [2.24, 2.45) is 5.41 Å². The Morgan fingerprint density at radius 1 is 0.551 bits per heavy atom. The van der Waals surface area contributed by atoms with E-state index in [0.29, 0.717) is 36.2 Å². The van der Waals surface area contributed by atoms with E-state index in [9.17, 15) is 0 Å². The number of rotatable bonds is 23. The first-order valence-electron chi connectivity index (χ1n) is 28.3. The SMILES string of the molecule is CC1CC(N(C)CCCCCCN(c2nc(NC(C)(C)CC(C)(C)C)nc(N(CCCCCCNC3CC(C)(C)NC(C)(C)C3)C3CC(C)(C)NC(C)(C)C3)n2)C2CC(C)(C)NC(C)(C)C2)CCN1. The van der Waals surface area contributed by atoms with Gasteiger partial charge in [-0.15, -0.1) is 0 Å². The van der Waals surface area contributed by atoms with E-state index in [1.807, 2.05) is 0 Å². The largest absolute Gasteiger partial charge is 0.349 e. The van der Waals surface area contributed by atoms with Crippen molar-refractivity contribution in [1.82, 2.24) is 46.4 Å². The molecule has 0 saturated carbocycles. The van der Waals surface area contributed by atoms with Gasteiger partial charge in [-0.2, -0.15) is 15.0 Å². The quantitative estimate of drug-likeness (QED) is 0.0586. The second-order valence-electron chi connectivity index (χ2n) is 29.1. The Kier molecular flexibility index (Phi) is 19.5. The molecule has 12 heteroatoms. The minimum Gasteiger partial charge on any atom is -0.349 e. The highest BCUT2D eigenvalue weighted by Crippen LogP contribution is 2.38. The van der Waals surface area contributed by atoms with Gasteiger partial charge in [0, 0.05) is 82.1 Å². The molecule has 6 N–H and O–H groups in total. The molecule has 0 radical (unpaired) electrons. The van der Waals surface area contributed by atoms with E-state index in [0.717, 1.165) is 83.0 Å². The lowest BCUT2D eigenvalue weighted by molar-refractivity contribution is 0.146. The second kappa shape index (κ2) is 23.2. The lowest BCUT2D eigenvalue weighted by Gasteiger charge is -2.50. The van der Waals surface area contributed by atoms with Crippen molar-refractivity contribution < 1.29 is 0 Å². The van der Waals surface area contributed by atoms with E-state index in [-0.39, 0.29) is 44.2 Å². The highest BCUT2D eigenvalue weighted by molar-refractivity contribution is 5.48. The van der Waals surface area contributed by atoms with Crippen LogP contribution < -0.4 is 41.7 Å². The number of unbranched alkanes of at least 4 members (excludes halogenated alkanes) is 6. The maximum Gasteiger partial charge on any atom is 0.232 e. The summed E-state index contributed by atoms with van der Waals surface area (Å²) in [5.74, 6) is 2.41. The molecule has 0 aromatic carbocycles. The van der Waals surface area contributed by atoms with Gasteiger partial charge in [0.05, 0.1) is 0 Å². The maximum atomic E-state index is 5.70. The van der Waals surface area contributed by atoms with Gasteiger partial charge in [-0.3, -0.25) is 0 Å². The fraction of sp³-hybridized carbons (Fsp3) is 0.947. The van der Waals surface area contributed by atoms with Gasteiger partial charge in [0.15, 0.2) is 0 Å². The van der Waals surface area contributed by atoms with Crippen LogP contribution in [0, 0.1) is 5.41 Å². The van der Waals surface area contributed by atoms with E-state index in [2.05, 4.69) is 178 Å². The predicted molar refractivity (Wildman–Crippen MR) is 297 cm³/mol. The summed E-state index contributed by atoms with van der Waals surface area (Å²) in [5.41, 5.74) is 0.194. The summed E-state index contributed by atoms with van der Waals surface area (Å²) in [7, 11) is 2.35. The summed E-state index contributed by atoms with van der Waals surface area (Å²) in [6.45, 7) is 47.7. The van der Waals surface area contributed by atoms with Gasteiger partial charge in [-0.1, -0.05) is 46.5 Å². The van der Waals surface area contributed by atoms with Crippen molar-refractivity contribution in [2.75, 3.05) is 54.9 Å². The summed E-state index contributed by atoms with van der Waals surface area (Å²) in [4.78, 5) is 24.6. The molecule has 0 amide bonds. The van der Waals surface area contributed by atoms with Crippen LogP contribution in [0.25, 0.3) is 0 Å². The maximum absolute atomic E-state index is 5.70. The van der Waals surface area contributed by atoms with Crippen molar-refractivity contribution in [3.05, 3.63) is 0 Å². The molecule has 4 fully saturated rings. The first-order chi connectivity index (χ1) is 31.7. The number of nitrogens with one attached hydrogen (secondary N) is 6. The van der Waals surface area contributed by atoms with Crippen molar-refractivity contribution in [3.8, 4) is 0 Å².